The minimum atomic E-state index is -0.363. The molecule has 1 N–H and O–H groups in total. The fourth-order valence-electron chi connectivity index (χ4n) is 2.25. The Morgan fingerprint density at radius 3 is 2.82 bits per heavy atom. The number of halogens is 1. The first-order valence-corrected chi connectivity index (χ1v) is 5.66. The molecule has 1 aromatic carbocycles. The highest BCUT2D eigenvalue weighted by Crippen LogP contribution is 2.26. The maximum absolute atomic E-state index is 13.5. The van der Waals surface area contributed by atoms with E-state index in [2.05, 4.69) is 5.32 Å². The molecule has 1 amide bonds. The van der Waals surface area contributed by atoms with Gasteiger partial charge in [-0.1, -0.05) is 6.07 Å². The van der Waals surface area contributed by atoms with Crippen molar-refractivity contribution in [2.24, 2.45) is 0 Å². The van der Waals surface area contributed by atoms with Crippen molar-refractivity contribution in [2.75, 3.05) is 7.11 Å². The average molecular weight is 237 g/mol. The molecule has 0 bridgehead atoms. The number of amides is 1. The number of carbonyl (C=O) groups excluding carboxylic acids is 1. The second-order valence-corrected chi connectivity index (χ2v) is 4.75. The fraction of sp³-hybridized carbons (Fsp3) is 0.462. The summed E-state index contributed by atoms with van der Waals surface area (Å²) in [7, 11) is 1.44. The third-order valence-corrected chi connectivity index (χ3v) is 3.16. The standard InChI is InChI=1S/C13H16FNO2/c1-13(6-5-12(16)15-13)8-9-3-4-11(17-2)10(14)7-9/h3-4,7H,5-6,8H2,1-2H3,(H,15,16). The van der Waals surface area contributed by atoms with Gasteiger partial charge >= 0.3 is 0 Å². The summed E-state index contributed by atoms with van der Waals surface area (Å²) in [4.78, 5) is 11.2. The molecule has 1 heterocycles. The average Bonchev–Trinajstić information content (AvgIpc) is 2.58. The highest BCUT2D eigenvalue weighted by Gasteiger charge is 2.33. The number of hydrogen-bond donors (Lipinski definition) is 1. The van der Waals surface area contributed by atoms with Gasteiger partial charge in [0.1, 0.15) is 0 Å². The Kier molecular flexibility index (Phi) is 3.05. The molecule has 3 nitrogen and oxygen atoms in total. The number of methoxy groups -OCH3 is 1. The maximum Gasteiger partial charge on any atom is 0.220 e. The van der Waals surface area contributed by atoms with Crippen LogP contribution in [0.2, 0.25) is 0 Å². The van der Waals surface area contributed by atoms with Crippen LogP contribution in [0.5, 0.6) is 5.75 Å². The second-order valence-electron chi connectivity index (χ2n) is 4.75. The predicted molar refractivity (Wildman–Crippen MR) is 62.4 cm³/mol. The Bertz CT molecular complexity index is 447. The minimum Gasteiger partial charge on any atom is -0.494 e. The highest BCUT2D eigenvalue weighted by atomic mass is 19.1. The molecule has 1 aromatic rings. The van der Waals surface area contributed by atoms with Crippen LogP contribution >= 0.6 is 0 Å². The zero-order valence-corrected chi connectivity index (χ0v) is 10.0. The lowest BCUT2D eigenvalue weighted by Gasteiger charge is -2.24. The Hall–Kier alpha value is -1.58. The van der Waals surface area contributed by atoms with Gasteiger partial charge in [-0.05, 0) is 37.5 Å². The summed E-state index contributed by atoms with van der Waals surface area (Å²) in [6, 6.07) is 4.91. The Labute approximate surface area is 100.0 Å². The molecule has 4 heteroatoms. The molecule has 0 spiro atoms. The highest BCUT2D eigenvalue weighted by molar-refractivity contribution is 5.79. The van der Waals surface area contributed by atoms with Crippen LogP contribution in [-0.4, -0.2) is 18.6 Å². The van der Waals surface area contributed by atoms with E-state index in [1.807, 2.05) is 13.0 Å². The molecular formula is C13H16FNO2. The van der Waals surface area contributed by atoms with Crippen molar-refractivity contribution in [1.82, 2.24) is 5.32 Å². The minimum absolute atomic E-state index is 0.0708. The number of rotatable bonds is 3. The summed E-state index contributed by atoms with van der Waals surface area (Å²) in [5.41, 5.74) is 0.617. The van der Waals surface area contributed by atoms with Gasteiger partial charge in [0, 0.05) is 12.0 Å². The Morgan fingerprint density at radius 2 is 2.29 bits per heavy atom. The van der Waals surface area contributed by atoms with Crippen molar-refractivity contribution < 1.29 is 13.9 Å². The third kappa shape index (κ3) is 2.57. The van der Waals surface area contributed by atoms with Crippen LogP contribution in [0.4, 0.5) is 4.39 Å². The van der Waals surface area contributed by atoms with E-state index >= 15 is 0 Å². The van der Waals surface area contributed by atoms with Crippen LogP contribution in [0, 0.1) is 5.82 Å². The van der Waals surface area contributed by atoms with Crippen LogP contribution < -0.4 is 10.1 Å². The maximum atomic E-state index is 13.5. The molecule has 0 aliphatic carbocycles. The first-order chi connectivity index (χ1) is 8.02. The van der Waals surface area contributed by atoms with E-state index in [1.54, 1.807) is 6.07 Å². The number of ether oxygens (including phenoxy) is 1. The summed E-state index contributed by atoms with van der Waals surface area (Å²) < 4.78 is 18.4. The third-order valence-electron chi connectivity index (χ3n) is 3.16. The van der Waals surface area contributed by atoms with Gasteiger partial charge in [0.25, 0.3) is 0 Å². The monoisotopic (exact) mass is 237 g/mol. The van der Waals surface area contributed by atoms with Crippen LogP contribution in [0.3, 0.4) is 0 Å². The fourth-order valence-corrected chi connectivity index (χ4v) is 2.25. The molecular weight excluding hydrogens is 221 g/mol. The van der Waals surface area contributed by atoms with E-state index in [0.717, 1.165) is 12.0 Å². The molecule has 2 rings (SSSR count). The quantitative estimate of drug-likeness (QED) is 0.873. The molecule has 1 aliphatic rings. The number of hydrogen-bond acceptors (Lipinski definition) is 2. The van der Waals surface area contributed by atoms with Gasteiger partial charge in [-0.25, -0.2) is 4.39 Å². The zero-order valence-electron chi connectivity index (χ0n) is 10.0. The van der Waals surface area contributed by atoms with Crippen LogP contribution in [0.25, 0.3) is 0 Å². The number of nitrogens with one attached hydrogen (secondary N) is 1. The van der Waals surface area contributed by atoms with Crippen LogP contribution in [0.15, 0.2) is 18.2 Å². The van der Waals surface area contributed by atoms with Gasteiger partial charge < -0.3 is 10.1 Å². The van der Waals surface area contributed by atoms with E-state index in [1.165, 1.54) is 13.2 Å². The van der Waals surface area contributed by atoms with Crippen molar-refractivity contribution in [1.29, 1.82) is 0 Å². The van der Waals surface area contributed by atoms with Gasteiger partial charge in [0.2, 0.25) is 5.91 Å². The van der Waals surface area contributed by atoms with Gasteiger partial charge in [-0.2, -0.15) is 0 Å². The van der Waals surface area contributed by atoms with Gasteiger partial charge in [0.15, 0.2) is 11.6 Å². The summed E-state index contributed by atoms with van der Waals surface area (Å²) >= 11 is 0. The first-order valence-electron chi connectivity index (χ1n) is 5.66. The van der Waals surface area contributed by atoms with Gasteiger partial charge in [0.05, 0.1) is 7.11 Å². The van der Waals surface area contributed by atoms with E-state index in [9.17, 15) is 9.18 Å². The lowest BCUT2D eigenvalue weighted by Crippen LogP contribution is -2.40. The van der Waals surface area contributed by atoms with Crippen molar-refractivity contribution in [3.05, 3.63) is 29.6 Å². The van der Waals surface area contributed by atoms with Crippen molar-refractivity contribution in [3.8, 4) is 5.75 Å². The van der Waals surface area contributed by atoms with Crippen molar-refractivity contribution in [3.63, 3.8) is 0 Å². The summed E-state index contributed by atoms with van der Waals surface area (Å²) in [5.74, 6) is -0.0474. The molecule has 1 fully saturated rings. The Balaban J connectivity index is 2.14. The molecule has 0 radical (unpaired) electrons. The van der Waals surface area contributed by atoms with Gasteiger partial charge in [-0.15, -0.1) is 0 Å². The molecule has 1 aliphatic heterocycles. The predicted octanol–water partition coefficient (Wildman–Crippen LogP) is 2.05. The van der Waals surface area contributed by atoms with Crippen molar-refractivity contribution >= 4 is 5.91 Å². The molecule has 92 valence electrons. The van der Waals surface area contributed by atoms with E-state index in [0.29, 0.717) is 12.8 Å². The normalized spacial score (nSPS) is 23.6. The topological polar surface area (TPSA) is 38.3 Å². The lowest BCUT2D eigenvalue weighted by atomic mass is 9.91. The van der Waals surface area contributed by atoms with E-state index in [-0.39, 0.29) is 23.0 Å². The van der Waals surface area contributed by atoms with Gasteiger partial charge in [-0.3, -0.25) is 4.79 Å². The largest absolute Gasteiger partial charge is 0.494 e. The number of carbonyl (C=O) groups is 1. The summed E-state index contributed by atoms with van der Waals surface area (Å²) in [6.07, 6.45) is 1.98. The van der Waals surface area contributed by atoms with E-state index in [4.69, 9.17) is 4.74 Å². The van der Waals surface area contributed by atoms with E-state index < -0.39 is 0 Å². The zero-order chi connectivity index (χ0) is 12.5. The first kappa shape index (κ1) is 11.9. The Morgan fingerprint density at radius 1 is 1.53 bits per heavy atom. The van der Waals surface area contributed by atoms with Crippen LogP contribution in [0.1, 0.15) is 25.3 Å². The number of benzene rings is 1. The molecule has 1 unspecified atom stereocenters. The summed E-state index contributed by atoms with van der Waals surface area (Å²) in [6.45, 7) is 1.99. The SMILES string of the molecule is COc1ccc(CC2(C)CCC(=O)N2)cc1F. The summed E-state index contributed by atoms with van der Waals surface area (Å²) in [5, 5.41) is 2.93. The molecule has 1 saturated heterocycles. The second kappa shape index (κ2) is 4.35. The molecule has 0 saturated carbocycles. The molecule has 1 atom stereocenters. The molecule has 17 heavy (non-hydrogen) atoms. The lowest BCUT2D eigenvalue weighted by molar-refractivity contribution is -0.119. The smallest absolute Gasteiger partial charge is 0.220 e. The molecule has 0 aromatic heterocycles. The van der Waals surface area contributed by atoms with Crippen molar-refractivity contribution in [2.45, 2.75) is 31.7 Å². The van der Waals surface area contributed by atoms with Crippen LogP contribution in [-0.2, 0) is 11.2 Å².